The molecule has 0 aliphatic rings. The van der Waals surface area contributed by atoms with Gasteiger partial charge in [0.25, 0.3) is 0 Å². The molecule has 2 aromatic heterocycles. The molecule has 0 fully saturated rings. The highest BCUT2D eigenvalue weighted by Crippen LogP contribution is 2.22. The second-order valence-electron chi connectivity index (χ2n) is 3.70. The van der Waals surface area contributed by atoms with Crippen LogP contribution in [0.1, 0.15) is 31.5 Å². The maximum absolute atomic E-state index is 10.7. The summed E-state index contributed by atoms with van der Waals surface area (Å²) in [5, 5.41) is 15.2. The smallest absolute Gasteiger partial charge is 0.356 e. The molecule has 0 spiro atoms. The number of hydrogen-bond donors (Lipinski definition) is 2. The van der Waals surface area contributed by atoms with Crippen molar-refractivity contribution >= 4 is 17.3 Å². The lowest BCUT2D eigenvalue weighted by atomic mass is 10.1. The number of carbonyl (C=O) groups is 1. The number of thiophene rings is 1. The Kier molecular flexibility index (Phi) is 2.78. The second kappa shape index (κ2) is 4.09. The van der Waals surface area contributed by atoms with E-state index in [2.05, 4.69) is 30.1 Å². The molecule has 16 heavy (non-hydrogen) atoms. The Balaban J connectivity index is 2.20. The zero-order chi connectivity index (χ0) is 11.7. The first-order valence-electron chi connectivity index (χ1n) is 4.90. The quantitative estimate of drug-likeness (QED) is 0.859. The molecule has 0 radical (unpaired) electrons. The van der Waals surface area contributed by atoms with Gasteiger partial charge in [0.2, 0.25) is 0 Å². The second-order valence-corrected chi connectivity index (χ2v) is 5.16. The van der Waals surface area contributed by atoms with Crippen molar-refractivity contribution in [2.45, 2.75) is 20.3 Å². The number of H-pyrrole nitrogens is 1. The molecule has 84 valence electrons. The zero-order valence-corrected chi connectivity index (χ0v) is 9.89. The Hall–Kier alpha value is -1.62. The largest absolute Gasteiger partial charge is 0.476 e. The number of carboxylic acids is 1. The maximum Gasteiger partial charge on any atom is 0.356 e. The number of rotatable bonds is 3. The fourth-order valence-electron chi connectivity index (χ4n) is 1.63. The molecule has 2 rings (SSSR count). The molecule has 0 aliphatic heterocycles. The highest BCUT2D eigenvalue weighted by molar-refractivity contribution is 7.12. The Bertz CT molecular complexity index is 528. The molecule has 0 unspecified atom stereocenters. The van der Waals surface area contributed by atoms with Crippen LogP contribution in [0.25, 0.3) is 0 Å². The van der Waals surface area contributed by atoms with Crippen LogP contribution < -0.4 is 0 Å². The van der Waals surface area contributed by atoms with Gasteiger partial charge in [-0.15, -0.1) is 11.3 Å². The van der Waals surface area contributed by atoms with Gasteiger partial charge in [-0.1, -0.05) is 0 Å². The third-order valence-electron chi connectivity index (χ3n) is 2.37. The number of aromatic amines is 1. The van der Waals surface area contributed by atoms with E-state index in [9.17, 15) is 4.79 Å². The van der Waals surface area contributed by atoms with Crippen molar-refractivity contribution in [3.8, 4) is 0 Å². The lowest BCUT2D eigenvalue weighted by Gasteiger charge is -1.95. The molecule has 2 heterocycles. The first-order chi connectivity index (χ1) is 7.56. The van der Waals surface area contributed by atoms with E-state index >= 15 is 0 Å². The third kappa shape index (κ3) is 2.14. The number of nitrogens with zero attached hydrogens (tertiary/aromatic N) is 1. The van der Waals surface area contributed by atoms with E-state index in [-0.39, 0.29) is 5.69 Å². The summed E-state index contributed by atoms with van der Waals surface area (Å²) in [5.41, 5.74) is 2.13. The van der Waals surface area contributed by atoms with Crippen LogP contribution in [0.2, 0.25) is 0 Å². The average molecular weight is 236 g/mol. The van der Waals surface area contributed by atoms with Crippen molar-refractivity contribution in [1.82, 2.24) is 10.2 Å². The molecule has 4 nitrogen and oxygen atoms in total. The van der Waals surface area contributed by atoms with Crippen LogP contribution in [0.4, 0.5) is 0 Å². The van der Waals surface area contributed by atoms with Crippen LogP contribution in [-0.4, -0.2) is 21.3 Å². The van der Waals surface area contributed by atoms with Gasteiger partial charge in [-0.25, -0.2) is 4.79 Å². The van der Waals surface area contributed by atoms with E-state index < -0.39 is 5.97 Å². The maximum atomic E-state index is 10.7. The van der Waals surface area contributed by atoms with Gasteiger partial charge in [0.15, 0.2) is 5.69 Å². The Morgan fingerprint density at radius 3 is 2.75 bits per heavy atom. The molecule has 0 aliphatic carbocycles. The first kappa shape index (κ1) is 10.9. The lowest BCUT2D eigenvalue weighted by molar-refractivity contribution is 0.0690. The standard InChI is InChI=1S/C11H12N2O2S/c1-6-3-8(7(2)16-6)4-9-5-10(11(14)15)13-12-9/h3,5H,4H2,1-2H3,(H,12,13)(H,14,15). The van der Waals surface area contributed by atoms with Gasteiger partial charge in [0.1, 0.15) is 0 Å². The van der Waals surface area contributed by atoms with Crippen molar-refractivity contribution in [3.05, 3.63) is 38.8 Å². The minimum absolute atomic E-state index is 0.0691. The number of aromatic carboxylic acids is 1. The first-order valence-corrected chi connectivity index (χ1v) is 5.71. The Morgan fingerprint density at radius 1 is 1.50 bits per heavy atom. The lowest BCUT2D eigenvalue weighted by Crippen LogP contribution is -1.95. The SMILES string of the molecule is Cc1cc(Cc2cc(C(=O)O)n[nH]2)c(C)s1. The van der Waals surface area contributed by atoms with Crippen molar-refractivity contribution in [2.24, 2.45) is 0 Å². The van der Waals surface area contributed by atoms with Crippen LogP contribution in [0.5, 0.6) is 0 Å². The predicted octanol–water partition coefficient (Wildman–Crippen LogP) is 2.38. The number of carboxylic acid groups (broad SMARTS) is 1. The summed E-state index contributed by atoms with van der Waals surface area (Å²) in [6.45, 7) is 4.14. The van der Waals surface area contributed by atoms with Gasteiger partial charge in [-0.05, 0) is 31.5 Å². The van der Waals surface area contributed by atoms with Crippen LogP contribution in [0, 0.1) is 13.8 Å². The topological polar surface area (TPSA) is 66.0 Å². The summed E-state index contributed by atoms with van der Waals surface area (Å²) in [4.78, 5) is 13.2. The van der Waals surface area contributed by atoms with Crippen molar-refractivity contribution < 1.29 is 9.90 Å². The van der Waals surface area contributed by atoms with Crippen molar-refractivity contribution in [3.63, 3.8) is 0 Å². The third-order valence-corrected chi connectivity index (χ3v) is 3.38. The van der Waals surface area contributed by atoms with E-state index in [1.807, 2.05) is 0 Å². The summed E-state index contributed by atoms with van der Waals surface area (Å²) in [6, 6.07) is 3.70. The highest BCUT2D eigenvalue weighted by atomic mass is 32.1. The van der Waals surface area contributed by atoms with Gasteiger partial charge in [0.05, 0.1) is 0 Å². The van der Waals surface area contributed by atoms with E-state index in [0.717, 1.165) is 5.69 Å². The molecular weight excluding hydrogens is 224 g/mol. The van der Waals surface area contributed by atoms with Crippen molar-refractivity contribution in [1.29, 1.82) is 0 Å². The summed E-state index contributed by atoms with van der Waals surface area (Å²) >= 11 is 1.75. The van der Waals surface area contributed by atoms with Gasteiger partial charge < -0.3 is 5.11 Å². The van der Waals surface area contributed by atoms with Crippen molar-refractivity contribution in [2.75, 3.05) is 0 Å². The number of aromatic nitrogens is 2. The summed E-state index contributed by atoms with van der Waals surface area (Å²) in [6.07, 6.45) is 0.705. The van der Waals surface area contributed by atoms with Gasteiger partial charge in [-0.2, -0.15) is 5.10 Å². The molecule has 5 heteroatoms. The molecule has 0 bridgehead atoms. The number of hydrogen-bond acceptors (Lipinski definition) is 3. The van der Waals surface area contributed by atoms with Crippen LogP contribution in [0.15, 0.2) is 12.1 Å². The van der Waals surface area contributed by atoms with E-state index in [1.165, 1.54) is 15.3 Å². The van der Waals surface area contributed by atoms with Crippen LogP contribution in [0.3, 0.4) is 0 Å². The van der Waals surface area contributed by atoms with E-state index in [1.54, 1.807) is 17.4 Å². The van der Waals surface area contributed by atoms with E-state index in [4.69, 9.17) is 5.11 Å². The van der Waals surface area contributed by atoms with Crippen LogP contribution in [-0.2, 0) is 6.42 Å². The molecule has 0 saturated heterocycles. The normalized spacial score (nSPS) is 10.6. The van der Waals surface area contributed by atoms with Gasteiger partial charge in [-0.3, -0.25) is 5.10 Å². The molecular formula is C11H12N2O2S. The Morgan fingerprint density at radius 2 is 2.25 bits per heavy atom. The average Bonchev–Trinajstić information content (AvgIpc) is 2.75. The molecule has 2 N–H and O–H groups in total. The highest BCUT2D eigenvalue weighted by Gasteiger charge is 2.10. The fraction of sp³-hybridized carbons (Fsp3) is 0.273. The zero-order valence-electron chi connectivity index (χ0n) is 9.07. The minimum atomic E-state index is -0.999. The molecule has 2 aromatic rings. The predicted molar refractivity (Wildman–Crippen MR) is 62.1 cm³/mol. The van der Waals surface area contributed by atoms with Gasteiger partial charge in [0, 0.05) is 21.9 Å². The van der Waals surface area contributed by atoms with Crippen LogP contribution >= 0.6 is 11.3 Å². The molecule has 0 saturated carbocycles. The Labute approximate surface area is 96.9 Å². The number of nitrogens with one attached hydrogen (secondary N) is 1. The monoisotopic (exact) mass is 236 g/mol. The molecule has 0 amide bonds. The summed E-state index contributed by atoms with van der Waals surface area (Å²) < 4.78 is 0. The summed E-state index contributed by atoms with van der Waals surface area (Å²) in [5.74, 6) is -0.999. The fourth-order valence-corrected chi connectivity index (χ4v) is 2.57. The minimum Gasteiger partial charge on any atom is -0.476 e. The summed E-state index contributed by atoms with van der Waals surface area (Å²) in [7, 11) is 0. The molecule has 0 atom stereocenters. The van der Waals surface area contributed by atoms with Gasteiger partial charge >= 0.3 is 5.97 Å². The molecule has 0 aromatic carbocycles. The number of aryl methyl sites for hydroxylation is 2. The van der Waals surface area contributed by atoms with E-state index in [0.29, 0.717) is 6.42 Å².